The molecule has 1 rings (SSSR count). The minimum Gasteiger partial charge on any atom is -0.481 e. The van der Waals surface area contributed by atoms with E-state index in [9.17, 15) is 4.79 Å². The van der Waals surface area contributed by atoms with Crippen LogP contribution in [0.1, 0.15) is 12.0 Å². The van der Waals surface area contributed by atoms with E-state index in [2.05, 4.69) is 0 Å². The minimum absolute atomic E-state index is 0.0931. The van der Waals surface area contributed by atoms with E-state index >= 15 is 0 Å². The minimum atomic E-state index is -0.795. The molecule has 0 aliphatic rings. The van der Waals surface area contributed by atoms with Gasteiger partial charge in [0.1, 0.15) is 0 Å². The maximum atomic E-state index is 10.1. The zero-order valence-corrected chi connectivity index (χ0v) is 6.67. The third kappa shape index (κ3) is 3.00. The lowest BCUT2D eigenvalue weighted by atomic mass is 10.3. The molecule has 1 heterocycles. The third-order valence-electron chi connectivity index (χ3n) is 1.15. The summed E-state index contributed by atoms with van der Waals surface area (Å²) in [6, 6.07) is 1.95. The molecule has 0 aromatic carbocycles. The highest BCUT2D eigenvalue weighted by Gasteiger charge is 1.89. The smallest absolute Gasteiger partial charge is 0.307 e. The van der Waals surface area contributed by atoms with Gasteiger partial charge in [-0.15, -0.1) is 0 Å². The van der Waals surface area contributed by atoms with Gasteiger partial charge in [0.15, 0.2) is 0 Å². The highest BCUT2D eigenvalue weighted by atomic mass is 32.1. The van der Waals surface area contributed by atoms with E-state index in [0.717, 1.165) is 5.56 Å². The highest BCUT2D eigenvalue weighted by molar-refractivity contribution is 7.08. The number of hydrogen-bond acceptors (Lipinski definition) is 2. The van der Waals surface area contributed by atoms with Crippen LogP contribution in [-0.2, 0) is 4.79 Å². The van der Waals surface area contributed by atoms with E-state index in [0.29, 0.717) is 0 Å². The summed E-state index contributed by atoms with van der Waals surface area (Å²) in [5.41, 5.74) is 1.07. The SMILES string of the molecule is O=C(O)C/C=C/c1ccsc1. The fraction of sp³-hybridized carbons (Fsp3) is 0.125. The van der Waals surface area contributed by atoms with Gasteiger partial charge in [-0.1, -0.05) is 12.2 Å². The fourth-order valence-corrected chi connectivity index (χ4v) is 1.29. The molecule has 0 unspecified atom stereocenters. The van der Waals surface area contributed by atoms with E-state index in [-0.39, 0.29) is 6.42 Å². The number of thiophene rings is 1. The summed E-state index contributed by atoms with van der Waals surface area (Å²) in [4.78, 5) is 10.1. The first-order valence-electron chi connectivity index (χ1n) is 3.19. The topological polar surface area (TPSA) is 37.3 Å². The molecular weight excluding hydrogens is 160 g/mol. The first kappa shape index (κ1) is 8.01. The van der Waals surface area contributed by atoms with Crippen molar-refractivity contribution >= 4 is 23.4 Å². The average molecular weight is 168 g/mol. The Morgan fingerprint density at radius 3 is 3.09 bits per heavy atom. The zero-order valence-electron chi connectivity index (χ0n) is 5.86. The van der Waals surface area contributed by atoms with Gasteiger partial charge in [0.2, 0.25) is 0 Å². The summed E-state index contributed by atoms with van der Waals surface area (Å²) in [5.74, 6) is -0.795. The number of carboxylic acids is 1. The monoisotopic (exact) mass is 168 g/mol. The van der Waals surface area contributed by atoms with Crippen molar-refractivity contribution in [3.8, 4) is 0 Å². The highest BCUT2D eigenvalue weighted by Crippen LogP contribution is 2.07. The Kier molecular flexibility index (Phi) is 2.86. The maximum absolute atomic E-state index is 10.1. The molecule has 0 saturated heterocycles. The van der Waals surface area contributed by atoms with Gasteiger partial charge in [0, 0.05) is 0 Å². The van der Waals surface area contributed by atoms with E-state index in [4.69, 9.17) is 5.11 Å². The van der Waals surface area contributed by atoms with Crippen molar-refractivity contribution in [2.75, 3.05) is 0 Å². The molecule has 0 fully saturated rings. The molecule has 0 bridgehead atoms. The van der Waals surface area contributed by atoms with Gasteiger partial charge in [0.25, 0.3) is 0 Å². The van der Waals surface area contributed by atoms with Crippen LogP contribution in [0.5, 0.6) is 0 Å². The second-order valence-electron chi connectivity index (χ2n) is 2.06. The molecule has 58 valence electrons. The van der Waals surface area contributed by atoms with Gasteiger partial charge < -0.3 is 5.11 Å². The first-order valence-corrected chi connectivity index (χ1v) is 4.14. The van der Waals surface area contributed by atoms with Gasteiger partial charge in [-0.2, -0.15) is 11.3 Å². The first-order chi connectivity index (χ1) is 5.29. The molecule has 1 N–H and O–H groups in total. The summed E-state index contributed by atoms with van der Waals surface area (Å²) >= 11 is 1.60. The number of carbonyl (C=O) groups is 1. The summed E-state index contributed by atoms with van der Waals surface area (Å²) in [6.07, 6.45) is 3.55. The van der Waals surface area contributed by atoms with E-state index in [1.165, 1.54) is 0 Å². The molecule has 0 saturated carbocycles. The van der Waals surface area contributed by atoms with Crippen molar-refractivity contribution in [3.63, 3.8) is 0 Å². The van der Waals surface area contributed by atoms with E-state index < -0.39 is 5.97 Å². The van der Waals surface area contributed by atoms with Crippen LogP contribution in [0.4, 0.5) is 0 Å². The summed E-state index contributed by atoms with van der Waals surface area (Å²) in [6.45, 7) is 0. The van der Waals surface area contributed by atoms with Gasteiger partial charge in [-0.25, -0.2) is 0 Å². The van der Waals surface area contributed by atoms with Crippen molar-refractivity contribution < 1.29 is 9.90 Å². The van der Waals surface area contributed by atoms with Crippen LogP contribution >= 0.6 is 11.3 Å². The van der Waals surface area contributed by atoms with Crippen LogP contribution in [0, 0.1) is 0 Å². The van der Waals surface area contributed by atoms with Crippen LogP contribution in [0.15, 0.2) is 22.9 Å². The van der Waals surface area contributed by atoms with Gasteiger partial charge in [-0.3, -0.25) is 4.79 Å². The zero-order chi connectivity index (χ0) is 8.10. The Balaban J connectivity index is 2.43. The van der Waals surface area contributed by atoms with Crippen LogP contribution < -0.4 is 0 Å². The fourth-order valence-electron chi connectivity index (χ4n) is 0.666. The molecule has 0 aliphatic carbocycles. The number of aliphatic carboxylic acids is 1. The Morgan fingerprint density at radius 1 is 1.73 bits per heavy atom. The molecule has 11 heavy (non-hydrogen) atoms. The quantitative estimate of drug-likeness (QED) is 0.751. The lowest BCUT2D eigenvalue weighted by molar-refractivity contribution is -0.135. The molecule has 0 spiro atoms. The second-order valence-corrected chi connectivity index (χ2v) is 2.84. The van der Waals surface area contributed by atoms with Gasteiger partial charge in [0.05, 0.1) is 6.42 Å². The van der Waals surface area contributed by atoms with Gasteiger partial charge >= 0.3 is 5.97 Å². The second kappa shape index (κ2) is 3.93. The Labute approximate surface area is 68.8 Å². The standard InChI is InChI=1S/C8H8O2S/c9-8(10)3-1-2-7-4-5-11-6-7/h1-2,4-6H,3H2,(H,9,10)/b2-1+. The molecule has 1 aromatic heterocycles. The van der Waals surface area contributed by atoms with Crippen molar-refractivity contribution in [1.29, 1.82) is 0 Å². The number of hydrogen-bond donors (Lipinski definition) is 1. The third-order valence-corrected chi connectivity index (χ3v) is 1.85. The van der Waals surface area contributed by atoms with Crippen molar-refractivity contribution in [2.24, 2.45) is 0 Å². The van der Waals surface area contributed by atoms with Gasteiger partial charge in [-0.05, 0) is 22.4 Å². The predicted octanol–water partition coefficient (Wildman–Crippen LogP) is 2.24. The van der Waals surface area contributed by atoms with E-state index in [1.807, 2.05) is 22.9 Å². The summed E-state index contributed by atoms with van der Waals surface area (Å²) in [7, 11) is 0. The normalized spacial score (nSPS) is 10.5. The van der Waals surface area contributed by atoms with Crippen molar-refractivity contribution in [1.82, 2.24) is 0 Å². The predicted molar refractivity (Wildman–Crippen MR) is 45.6 cm³/mol. The lowest BCUT2D eigenvalue weighted by Crippen LogP contribution is -1.89. The molecule has 1 aromatic rings. The van der Waals surface area contributed by atoms with Crippen LogP contribution in [0.25, 0.3) is 6.08 Å². The summed E-state index contributed by atoms with van der Waals surface area (Å²) < 4.78 is 0. The lowest BCUT2D eigenvalue weighted by Gasteiger charge is -1.82. The Bertz CT molecular complexity index is 249. The summed E-state index contributed by atoms with van der Waals surface area (Å²) in [5, 5.41) is 12.2. The Hall–Kier alpha value is -1.09. The van der Waals surface area contributed by atoms with Crippen molar-refractivity contribution in [3.05, 3.63) is 28.5 Å². The average Bonchev–Trinajstić information content (AvgIpc) is 2.39. The number of carboxylic acid groups (broad SMARTS) is 1. The molecule has 0 atom stereocenters. The van der Waals surface area contributed by atoms with E-state index in [1.54, 1.807) is 17.4 Å². The molecule has 0 radical (unpaired) electrons. The van der Waals surface area contributed by atoms with Crippen LogP contribution in [0.2, 0.25) is 0 Å². The maximum Gasteiger partial charge on any atom is 0.307 e. The number of rotatable bonds is 3. The molecule has 0 aliphatic heterocycles. The van der Waals surface area contributed by atoms with Crippen LogP contribution in [0.3, 0.4) is 0 Å². The van der Waals surface area contributed by atoms with Crippen LogP contribution in [-0.4, -0.2) is 11.1 Å². The Morgan fingerprint density at radius 2 is 2.55 bits per heavy atom. The molecule has 3 heteroatoms. The molecule has 2 nitrogen and oxygen atoms in total. The largest absolute Gasteiger partial charge is 0.481 e. The molecular formula is C8H8O2S. The molecule has 0 amide bonds. The van der Waals surface area contributed by atoms with Crippen molar-refractivity contribution in [2.45, 2.75) is 6.42 Å².